The number of esters is 1. The second-order valence-electron chi connectivity index (χ2n) is 6.84. The molecule has 0 atom stereocenters. The van der Waals surface area contributed by atoms with Crippen LogP contribution in [-0.4, -0.2) is 30.3 Å². The van der Waals surface area contributed by atoms with Gasteiger partial charge < -0.3 is 14.8 Å². The quantitative estimate of drug-likeness (QED) is 0.809. The Bertz CT molecular complexity index is 351. The van der Waals surface area contributed by atoms with E-state index in [4.69, 9.17) is 9.47 Å². The summed E-state index contributed by atoms with van der Waals surface area (Å²) in [4.78, 5) is 23.6. The predicted molar refractivity (Wildman–Crippen MR) is 76.4 cm³/mol. The number of hydrogen-bond donors (Lipinski definition) is 1. The number of methoxy groups -OCH3 is 1. The molecule has 0 aromatic carbocycles. The molecule has 1 N–H and O–H groups in total. The Morgan fingerprint density at radius 2 is 1.80 bits per heavy atom. The van der Waals surface area contributed by atoms with E-state index in [1.54, 1.807) is 0 Å². The van der Waals surface area contributed by atoms with Crippen molar-refractivity contribution in [1.82, 2.24) is 5.32 Å². The average molecular weight is 285 g/mol. The first-order valence-electron chi connectivity index (χ1n) is 7.24. The zero-order chi connectivity index (χ0) is 15.4. The number of carbonyl (C=O) groups is 2. The van der Waals surface area contributed by atoms with Crippen LogP contribution in [0.4, 0.5) is 4.79 Å². The summed E-state index contributed by atoms with van der Waals surface area (Å²) in [6.45, 7) is 7.66. The number of carbonyl (C=O) groups excluding carboxylic acids is 2. The normalized spacial score (nSPS) is 26.8. The van der Waals surface area contributed by atoms with E-state index in [1.165, 1.54) is 7.11 Å². The number of hydrogen-bond acceptors (Lipinski definition) is 4. The molecular weight excluding hydrogens is 258 g/mol. The van der Waals surface area contributed by atoms with Gasteiger partial charge in [0.15, 0.2) is 0 Å². The summed E-state index contributed by atoms with van der Waals surface area (Å²) in [5.41, 5.74) is -1.07. The molecule has 0 aromatic rings. The predicted octanol–water partition coefficient (Wildman–Crippen LogP) is 3.02. The molecule has 1 aliphatic rings. The van der Waals surface area contributed by atoms with Gasteiger partial charge in [-0.3, -0.25) is 4.79 Å². The van der Waals surface area contributed by atoms with Gasteiger partial charge in [-0.1, -0.05) is 6.92 Å². The highest BCUT2D eigenvalue weighted by Gasteiger charge is 2.39. The summed E-state index contributed by atoms with van der Waals surface area (Å²) in [6.07, 6.45) is 3.29. The van der Waals surface area contributed by atoms with Crippen LogP contribution in [0.15, 0.2) is 0 Å². The molecular formula is C15H27NO4. The summed E-state index contributed by atoms with van der Waals surface area (Å²) in [5, 5.41) is 2.91. The SMILES string of the molecule is COC(=O)CC1(NC(=O)OC(C)(C)C)CCC(C)CC1. The summed E-state index contributed by atoms with van der Waals surface area (Å²) in [6, 6.07) is 0. The topological polar surface area (TPSA) is 64.6 Å². The Morgan fingerprint density at radius 3 is 2.25 bits per heavy atom. The first-order chi connectivity index (χ1) is 9.16. The van der Waals surface area contributed by atoms with Crippen molar-refractivity contribution < 1.29 is 19.1 Å². The zero-order valence-electron chi connectivity index (χ0n) is 13.2. The number of alkyl carbamates (subject to hydrolysis) is 1. The first kappa shape index (κ1) is 16.8. The van der Waals surface area contributed by atoms with Gasteiger partial charge >= 0.3 is 12.1 Å². The van der Waals surface area contributed by atoms with Crippen molar-refractivity contribution in [1.29, 1.82) is 0 Å². The van der Waals surface area contributed by atoms with Gasteiger partial charge in [-0.25, -0.2) is 4.79 Å². The van der Waals surface area contributed by atoms with Crippen LogP contribution in [0.25, 0.3) is 0 Å². The molecule has 1 amide bonds. The molecule has 0 spiro atoms. The van der Waals surface area contributed by atoms with Crippen molar-refractivity contribution in [2.75, 3.05) is 7.11 Å². The van der Waals surface area contributed by atoms with Crippen molar-refractivity contribution in [3.05, 3.63) is 0 Å². The fraction of sp³-hybridized carbons (Fsp3) is 0.867. The monoisotopic (exact) mass is 285 g/mol. The summed E-state index contributed by atoms with van der Waals surface area (Å²) in [7, 11) is 1.37. The van der Waals surface area contributed by atoms with E-state index in [0.29, 0.717) is 5.92 Å². The third-order valence-electron chi connectivity index (χ3n) is 3.71. The van der Waals surface area contributed by atoms with Gasteiger partial charge in [0.05, 0.1) is 19.1 Å². The van der Waals surface area contributed by atoms with Gasteiger partial charge in [0.2, 0.25) is 0 Å². The third kappa shape index (κ3) is 5.39. The van der Waals surface area contributed by atoms with Crippen LogP contribution in [0.5, 0.6) is 0 Å². The van der Waals surface area contributed by atoms with Gasteiger partial charge in [0, 0.05) is 0 Å². The molecule has 0 radical (unpaired) electrons. The van der Waals surface area contributed by atoms with E-state index in [9.17, 15) is 9.59 Å². The van der Waals surface area contributed by atoms with Crippen molar-refractivity contribution in [2.24, 2.45) is 5.92 Å². The lowest BCUT2D eigenvalue weighted by molar-refractivity contribution is -0.142. The maximum Gasteiger partial charge on any atom is 0.408 e. The lowest BCUT2D eigenvalue weighted by atomic mass is 9.75. The molecule has 0 aliphatic heterocycles. The summed E-state index contributed by atoms with van der Waals surface area (Å²) in [5.74, 6) is 0.330. The van der Waals surface area contributed by atoms with Crippen molar-refractivity contribution in [3.63, 3.8) is 0 Å². The molecule has 20 heavy (non-hydrogen) atoms. The molecule has 5 nitrogen and oxygen atoms in total. The molecule has 116 valence electrons. The molecule has 0 bridgehead atoms. The Kier molecular flexibility index (Phi) is 5.42. The fourth-order valence-electron chi connectivity index (χ4n) is 2.53. The first-order valence-corrected chi connectivity index (χ1v) is 7.24. The second kappa shape index (κ2) is 6.46. The van der Waals surface area contributed by atoms with Gasteiger partial charge in [-0.15, -0.1) is 0 Å². The van der Waals surface area contributed by atoms with Gasteiger partial charge in [-0.2, -0.15) is 0 Å². The number of amides is 1. The molecule has 0 saturated heterocycles. The highest BCUT2D eigenvalue weighted by molar-refractivity contribution is 5.74. The van der Waals surface area contributed by atoms with Crippen LogP contribution in [-0.2, 0) is 14.3 Å². The highest BCUT2D eigenvalue weighted by atomic mass is 16.6. The van der Waals surface area contributed by atoms with E-state index in [2.05, 4.69) is 12.2 Å². The molecule has 0 heterocycles. The van der Waals surface area contributed by atoms with Crippen molar-refractivity contribution >= 4 is 12.1 Å². The lowest BCUT2D eigenvalue weighted by Crippen LogP contribution is -2.53. The maximum atomic E-state index is 12.0. The lowest BCUT2D eigenvalue weighted by Gasteiger charge is -2.39. The Hall–Kier alpha value is -1.26. The maximum absolute atomic E-state index is 12.0. The molecule has 1 rings (SSSR count). The molecule has 1 fully saturated rings. The number of nitrogens with one attached hydrogen (secondary N) is 1. The van der Waals surface area contributed by atoms with Crippen molar-refractivity contribution in [2.45, 2.75) is 70.9 Å². The van der Waals surface area contributed by atoms with Gasteiger partial charge in [-0.05, 0) is 52.4 Å². The Balaban J connectivity index is 2.73. The van der Waals surface area contributed by atoms with E-state index in [0.717, 1.165) is 25.7 Å². The third-order valence-corrected chi connectivity index (χ3v) is 3.71. The molecule has 5 heteroatoms. The van der Waals surface area contributed by atoms with Crippen LogP contribution >= 0.6 is 0 Å². The van der Waals surface area contributed by atoms with Crippen LogP contribution in [0.3, 0.4) is 0 Å². The van der Waals surface area contributed by atoms with Crippen molar-refractivity contribution in [3.8, 4) is 0 Å². The minimum atomic E-state index is -0.543. The number of ether oxygens (including phenoxy) is 2. The molecule has 0 unspecified atom stereocenters. The average Bonchev–Trinajstić information content (AvgIpc) is 2.30. The minimum absolute atomic E-state index is 0.204. The van der Waals surface area contributed by atoms with Gasteiger partial charge in [0.1, 0.15) is 5.60 Å². The van der Waals surface area contributed by atoms with E-state index < -0.39 is 17.2 Å². The standard InChI is InChI=1S/C15H27NO4/c1-11-6-8-15(9-7-11,10-12(17)19-5)16-13(18)20-14(2,3)4/h11H,6-10H2,1-5H3,(H,16,18). The summed E-state index contributed by atoms with van der Waals surface area (Å²) < 4.78 is 10.1. The van der Waals surface area contributed by atoms with Gasteiger partial charge in [0.25, 0.3) is 0 Å². The van der Waals surface area contributed by atoms with E-state index >= 15 is 0 Å². The minimum Gasteiger partial charge on any atom is -0.469 e. The highest BCUT2D eigenvalue weighted by Crippen LogP contribution is 2.34. The van der Waals surface area contributed by atoms with Crippen LogP contribution in [0.1, 0.15) is 59.8 Å². The molecule has 1 aliphatic carbocycles. The summed E-state index contributed by atoms with van der Waals surface area (Å²) >= 11 is 0. The zero-order valence-corrected chi connectivity index (χ0v) is 13.2. The van der Waals surface area contributed by atoms with Crippen LogP contribution < -0.4 is 5.32 Å². The van der Waals surface area contributed by atoms with E-state index in [-0.39, 0.29) is 12.4 Å². The van der Waals surface area contributed by atoms with Crippen LogP contribution in [0.2, 0.25) is 0 Å². The molecule has 1 saturated carbocycles. The largest absolute Gasteiger partial charge is 0.469 e. The Labute approximate surface area is 121 Å². The van der Waals surface area contributed by atoms with E-state index in [1.807, 2.05) is 20.8 Å². The number of rotatable bonds is 3. The smallest absolute Gasteiger partial charge is 0.408 e. The Morgan fingerprint density at radius 1 is 1.25 bits per heavy atom. The fourth-order valence-corrected chi connectivity index (χ4v) is 2.53. The molecule has 0 aromatic heterocycles. The van der Waals surface area contributed by atoms with Crippen LogP contribution in [0, 0.1) is 5.92 Å². The second-order valence-corrected chi connectivity index (χ2v) is 6.84.